The number of nitriles is 1. The summed E-state index contributed by atoms with van der Waals surface area (Å²) in [4.78, 5) is 0. The van der Waals surface area contributed by atoms with E-state index in [1.54, 1.807) is 6.07 Å². The minimum atomic E-state index is -1.49. The van der Waals surface area contributed by atoms with Gasteiger partial charge in [0.1, 0.15) is 24.2 Å². The van der Waals surface area contributed by atoms with E-state index in [0.29, 0.717) is 0 Å². The third kappa shape index (κ3) is 1.45. The number of rotatable bonds is 0. The Hall–Kier alpha value is -0.990. The summed E-state index contributed by atoms with van der Waals surface area (Å²) in [6.07, 6.45) is -2.96. The zero-order chi connectivity index (χ0) is 11.2. The molecule has 1 aliphatic carbocycles. The van der Waals surface area contributed by atoms with Gasteiger partial charge in [0.25, 0.3) is 0 Å². The number of fused-ring (bicyclic) bond motifs is 1. The van der Waals surface area contributed by atoms with E-state index in [1.165, 1.54) is 6.07 Å². The van der Waals surface area contributed by atoms with E-state index in [2.05, 4.69) is 15.9 Å². The van der Waals surface area contributed by atoms with Gasteiger partial charge < -0.3 is 5.11 Å². The molecule has 0 aromatic heterocycles. The number of alkyl halides is 1. The van der Waals surface area contributed by atoms with Crippen LogP contribution in [0.1, 0.15) is 22.8 Å². The van der Waals surface area contributed by atoms with E-state index in [-0.39, 0.29) is 27.6 Å². The van der Waals surface area contributed by atoms with Crippen molar-refractivity contribution in [1.82, 2.24) is 0 Å². The van der Waals surface area contributed by atoms with Crippen LogP contribution >= 0.6 is 15.9 Å². The Morgan fingerprint density at radius 2 is 2.27 bits per heavy atom. The maximum absolute atomic E-state index is 13.6. The first kappa shape index (κ1) is 10.5. The zero-order valence-corrected chi connectivity index (χ0v) is 9.05. The molecule has 0 bridgehead atoms. The fraction of sp³-hybridized carbons (Fsp3) is 0.300. The number of halogens is 3. The van der Waals surface area contributed by atoms with Gasteiger partial charge in [-0.1, -0.05) is 0 Å². The first-order valence-electron chi connectivity index (χ1n) is 4.29. The van der Waals surface area contributed by atoms with Crippen LogP contribution < -0.4 is 0 Å². The number of benzene rings is 1. The maximum atomic E-state index is 13.6. The number of nitrogens with zero attached hydrogens (tertiary/aromatic N) is 1. The highest BCUT2D eigenvalue weighted by Gasteiger charge is 2.34. The third-order valence-corrected chi connectivity index (χ3v) is 3.30. The van der Waals surface area contributed by atoms with Crippen molar-refractivity contribution in [2.75, 3.05) is 0 Å². The fourth-order valence-corrected chi connectivity index (χ4v) is 2.18. The van der Waals surface area contributed by atoms with Crippen molar-refractivity contribution in [3.8, 4) is 6.07 Å². The van der Waals surface area contributed by atoms with Crippen LogP contribution in [0.3, 0.4) is 0 Å². The summed E-state index contributed by atoms with van der Waals surface area (Å²) in [5.74, 6) is -0.650. The maximum Gasteiger partial charge on any atom is 0.142 e. The average molecular weight is 274 g/mol. The van der Waals surface area contributed by atoms with Crippen molar-refractivity contribution >= 4 is 15.9 Å². The predicted octanol–water partition coefficient (Wildman–Crippen LogP) is 2.39. The van der Waals surface area contributed by atoms with Crippen LogP contribution in [0.2, 0.25) is 0 Å². The van der Waals surface area contributed by atoms with Crippen LogP contribution in [-0.4, -0.2) is 11.3 Å². The smallest absolute Gasteiger partial charge is 0.142 e. The van der Waals surface area contributed by atoms with Crippen molar-refractivity contribution in [2.45, 2.75) is 18.7 Å². The summed E-state index contributed by atoms with van der Waals surface area (Å²) in [5, 5.41) is 18.1. The molecule has 0 unspecified atom stereocenters. The molecule has 1 N–H and O–H groups in total. The van der Waals surface area contributed by atoms with Gasteiger partial charge in [-0.3, -0.25) is 0 Å². The fourth-order valence-electron chi connectivity index (χ4n) is 1.74. The van der Waals surface area contributed by atoms with Gasteiger partial charge in [-0.15, -0.1) is 0 Å². The van der Waals surface area contributed by atoms with Gasteiger partial charge in [0.2, 0.25) is 0 Å². The van der Waals surface area contributed by atoms with Gasteiger partial charge in [-0.05, 0) is 33.1 Å². The minimum absolute atomic E-state index is 0.0325. The molecule has 0 heterocycles. The normalized spacial score (nSPS) is 23.7. The predicted molar refractivity (Wildman–Crippen MR) is 52.4 cm³/mol. The second-order valence-electron chi connectivity index (χ2n) is 3.40. The largest absolute Gasteiger partial charge is 0.385 e. The summed E-state index contributed by atoms with van der Waals surface area (Å²) < 4.78 is 26.8. The van der Waals surface area contributed by atoms with Crippen LogP contribution in [0.25, 0.3) is 0 Å². The Kier molecular flexibility index (Phi) is 2.49. The van der Waals surface area contributed by atoms with E-state index < -0.39 is 18.1 Å². The molecule has 0 saturated carbocycles. The van der Waals surface area contributed by atoms with Gasteiger partial charge >= 0.3 is 0 Å². The topological polar surface area (TPSA) is 44.0 Å². The van der Waals surface area contributed by atoms with E-state index in [0.717, 1.165) is 0 Å². The van der Waals surface area contributed by atoms with Gasteiger partial charge in [0.05, 0.1) is 10.0 Å². The summed E-state index contributed by atoms with van der Waals surface area (Å²) in [5.41, 5.74) is 0.403. The molecule has 78 valence electrons. The number of aliphatic hydroxyl groups excluding tert-OH is 1. The van der Waals surface area contributed by atoms with Crippen molar-refractivity contribution in [1.29, 1.82) is 5.26 Å². The highest BCUT2D eigenvalue weighted by molar-refractivity contribution is 9.10. The molecule has 0 amide bonds. The van der Waals surface area contributed by atoms with Gasteiger partial charge in [0.15, 0.2) is 0 Å². The molecular weight excluding hydrogens is 268 g/mol. The Labute approximate surface area is 93.3 Å². The lowest BCUT2D eigenvalue weighted by molar-refractivity contribution is 0.0925. The molecule has 1 aliphatic rings. The second kappa shape index (κ2) is 3.54. The molecule has 0 fully saturated rings. The first-order valence-corrected chi connectivity index (χ1v) is 5.08. The SMILES string of the molecule is N#Cc1cc2c(c(F)c1Br)C[C@@H](F)[C@@H]2O. The van der Waals surface area contributed by atoms with E-state index in [9.17, 15) is 13.9 Å². The van der Waals surface area contributed by atoms with Gasteiger partial charge in [-0.2, -0.15) is 5.26 Å². The molecule has 0 saturated heterocycles. The molecule has 0 radical (unpaired) electrons. The quantitative estimate of drug-likeness (QED) is 0.789. The Balaban J connectivity index is 2.68. The van der Waals surface area contributed by atoms with Crippen LogP contribution in [0.4, 0.5) is 8.78 Å². The summed E-state index contributed by atoms with van der Waals surface area (Å²) >= 11 is 2.93. The highest BCUT2D eigenvalue weighted by atomic mass is 79.9. The molecule has 1 aromatic rings. The minimum Gasteiger partial charge on any atom is -0.385 e. The van der Waals surface area contributed by atoms with Gasteiger partial charge in [-0.25, -0.2) is 8.78 Å². The van der Waals surface area contributed by atoms with E-state index in [1.807, 2.05) is 0 Å². The van der Waals surface area contributed by atoms with Crippen LogP contribution in [0.5, 0.6) is 0 Å². The third-order valence-electron chi connectivity index (χ3n) is 2.52. The van der Waals surface area contributed by atoms with Crippen molar-refractivity contribution in [2.24, 2.45) is 0 Å². The van der Waals surface area contributed by atoms with Crippen LogP contribution in [0.15, 0.2) is 10.5 Å². The Morgan fingerprint density at radius 3 is 2.87 bits per heavy atom. The van der Waals surface area contributed by atoms with Crippen molar-refractivity contribution < 1.29 is 13.9 Å². The lowest BCUT2D eigenvalue weighted by atomic mass is 10.1. The zero-order valence-electron chi connectivity index (χ0n) is 7.47. The van der Waals surface area contributed by atoms with Gasteiger partial charge in [0, 0.05) is 6.42 Å². The highest BCUT2D eigenvalue weighted by Crippen LogP contribution is 2.38. The molecule has 0 aliphatic heterocycles. The lowest BCUT2D eigenvalue weighted by Gasteiger charge is -2.07. The van der Waals surface area contributed by atoms with Crippen LogP contribution in [-0.2, 0) is 6.42 Å². The lowest BCUT2D eigenvalue weighted by Crippen LogP contribution is -2.06. The summed E-state index contributed by atoms with van der Waals surface area (Å²) in [6, 6.07) is 3.11. The molecule has 1 aromatic carbocycles. The number of hydrogen-bond acceptors (Lipinski definition) is 2. The Morgan fingerprint density at radius 1 is 1.60 bits per heavy atom. The van der Waals surface area contributed by atoms with Crippen molar-refractivity contribution in [3.63, 3.8) is 0 Å². The van der Waals surface area contributed by atoms with Crippen LogP contribution in [0, 0.1) is 17.1 Å². The Bertz CT molecular complexity index is 469. The van der Waals surface area contributed by atoms with Crippen molar-refractivity contribution in [3.05, 3.63) is 33.0 Å². The second-order valence-corrected chi connectivity index (χ2v) is 4.19. The average Bonchev–Trinajstić information content (AvgIpc) is 2.50. The molecule has 5 heteroatoms. The summed E-state index contributed by atoms with van der Waals surface area (Å²) in [7, 11) is 0. The molecule has 2 atom stereocenters. The molecule has 0 spiro atoms. The standard InChI is InChI=1S/C10H6BrF2NO/c11-8-4(3-14)1-6-5(9(8)13)2-7(12)10(6)15/h1,7,10,15H,2H2/t7-,10-/m1/s1. The molecule has 2 rings (SSSR count). The number of aliphatic hydroxyl groups is 1. The molecule has 15 heavy (non-hydrogen) atoms. The molecule has 2 nitrogen and oxygen atoms in total. The van der Waals surface area contributed by atoms with E-state index in [4.69, 9.17) is 5.26 Å². The monoisotopic (exact) mass is 273 g/mol. The first-order chi connectivity index (χ1) is 7.06. The summed E-state index contributed by atoms with van der Waals surface area (Å²) in [6.45, 7) is 0. The molecular formula is C10H6BrF2NO. The van der Waals surface area contributed by atoms with E-state index >= 15 is 0 Å². The number of hydrogen-bond donors (Lipinski definition) is 1.